The molecule has 10 nitrogen and oxygen atoms in total. The van der Waals surface area contributed by atoms with Gasteiger partial charge in [-0.3, -0.25) is 14.6 Å². The second-order valence-electron chi connectivity index (χ2n) is 12.2. The Morgan fingerprint density at radius 3 is 2.19 bits per heavy atom. The topological polar surface area (TPSA) is 114 Å². The van der Waals surface area contributed by atoms with E-state index in [1.807, 2.05) is 48.5 Å². The monoisotopic (exact) mass is 589 g/mol. The molecule has 5 rings (SSSR count). The van der Waals surface area contributed by atoms with Crippen LogP contribution in [-0.4, -0.2) is 77.3 Å². The first kappa shape index (κ1) is 30.1. The second-order valence-corrected chi connectivity index (χ2v) is 12.2. The molecule has 1 saturated carbocycles. The van der Waals surface area contributed by atoms with Crippen molar-refractivity contribution in [1.82, 2.24) is 15.1 Å². The number of carbonyl (C=O) groups is 4. The highest BCUT2D eigenvalue weighted by atomic mass is 16.6. The minimum absolute atomic E-state index is 0.0280. The quantitative estimate of drug-likeness (QED) is 0.280. The number of nitrogens with zero attached hydrogens (tertiary/aromatic N) is 2. The van der Waals surface area contributed by atoms with E-state index < -0.39 is 53.3 Å². The molecule has 2 aliphatic carbocycles. The highest BCUT2D eigenvalue weighted by Crippen LogP contribution is 2.49. The Labute approximate surface area is 252 Å². The van der Waals surface area contributed by atoms with Crippen LogP contribution in [0, 0.1) is 5.92 Å². The number of methoxy groups -OCH3 is 1. The lowest BCUT2D eigenvalue weighted by molar-refractivity contribution is -0.149. The van der Waals surface area contributed by atoms with Gasteiger partial charge in [-0.05, 0) is 62.8 Å². The number of rotatable bonds is 7. The molecule has 43 heavy (non-hydrogen) atoms. The number of amides is 3. The standard InChI is InChI=1S/C33H39N3O7/c1-7-20-18-33(20,29(38)42-8-2)34-28(37)26-17-21(19-35(26)30(39)43-32(3,4)5)36(31(40)41-6)27-24-15-11-9-13-22(24)23-14-10-12-16-25(23)27/h7,9-16,20-21,26-27H,1,8,17-19H2,2-6H3,(H,34,37). The van der Waals surface area contributed by atoms with Crippen molar-refractivity contribution in [2.45, 2.75) is 69.8 Å². The third-order valence-corrected chi connectivity index (χ3v) is 8.35. The third-order valence-electron chi connectivity index (χ3n) is 8.35. The molecular weight excluding hydrogens is 550 g/mol. The van der Waals surface area contributed by atoms with Crippen molar-refractivity contribution in [3.8, 4) is 11.1 Å². The molecule has 10 heteroatoms. The van der Waals surface area contributed by atoms with Gasteiger partial charge in [-0.15, -0.1) is 6.58 Å². The SMILES string of the molecule is C=CC1CC1(NC(=O)C1CC(N(C(=O)OC)C2c3ccccc3-c3ccccc32)CN1C(=O)OC(C)(C)C)C(=O)OCC. The molecule has 2 aromatic rings. The van der Waals surface area contributed by atoms with E-state index in [0.717, 1.165) is 22.3 Å². The Bertz CT molecular complexity index is 1400. The summed E-state index contributed by atoms with van der Waals surface area (Å²) in [6.45, 7) is 10.9. The van der Waals surface area contributed by atoms with Crippen molar-refractivity contribution in [1.29, 1.82) is 0 Å². The molecule has 2 fully saturated rings. The molecule has 0 radical (unpaired) electrons. The van der Waals surface area contributed by atoms with Gasteiger partial charge in [0.25, 0.3) is 0 Å². The highest BCUT2D eigenvalue weighted by molar-refractivity contribution is 5.95. The van der Waals surface area contributed by atoms with Gasteiger partial charge in [0, 0.05) is 12.5 Å². The van der Waals surface area contributed by atoms with Gasteiger partial charge < -0.3 is 19.5 Å². The predicted molar refractivity (Wildman–Crippen MR) is 159 cm³/mol. The average molecular weight is 590 g/mol. The van der Waals surface area contributed by atoms with Crippen LogP contribution in [0.15, 0.2) is 61.2 Å². The Balaban J connectivity index is 1.51. The summed E-state index contributed by atoms with van der Waals surface area (Å²) in [5.74, 6) is -1.36. The molecule has 4 atom stereocenters. The summed E-state index contributed by atoms with van der Waals surface area (Å²) in [7, 11) is 1.32. The van der Waals surface area contributed by atoms with Crippen LogP contribution < -0.4 is 5.32 Å². The second kappa shape index (κ2) is 11.4. The number of benzene rings is 2. The molecule has 3 aliphatic rings. The summed E-state index contributed by atoms with van der Waals surface area (Å²) in [4.78, 5) is 56.9. The minimum Gasteiger partial charge on any atom is -0.464 e. The van der Waals surface area contributed by atoms with Crippen LogP contribution in [0.1, 0.15) is 57.7 Å². The summed E-state index contributed by atoms with van der Waals surface area (Å²) in [6, 6.07) is 13.6. The maximum absolute atomic E-state index is 13.9. The van der Waals surface area contributed by atoms with Gasteiger partial charge in [-0.2, -0.15) is 0 Å². The molecule has 0 spiro atoms. The summed E-state index contributed by atoms with van der Waals surface area (Å²) < 4.78 is 16.3. The molecule has 1 saturated heterocycles. The van der Waals surface area contributed by atoms with Crippen molar-refractivity contribution in [3.05, 3.63) is 72.3 Å². The van der Waals surface area contributed by atoms with Gasteiger partial charge in [-0.1, -0.05) is 54.6 Å². The van der Waals surface area contributed by atoms with E-state index in [1.165, 1.54) is 12.0 Å². The molecule has 3 amide bonds. The lowest BCUT2D eigenvalue weighted by atomic mass is 10.0. The molecule has 1 heterocycles. The van der Waals surface area contributed by atoms with Gasteiger partial charge in [-0.25, -0.2) is 14.4 Å². The van der Waals surface area contributed by atoms with E-state index in [9.17, 15) is 19.2 Å². The van der Waals surface area contributed by atoms with Gasteiger partial charge in [0.15, 0.2) is 0 Å². The van der Waals surface area contributed by atoms with Gasteiger partial charge in [0.05, 0.1) is 25.8 Å². The van der Waals surface area contributed by atoms with Gasteiger partial charge in [0.2, 0.25) is 5.91 Å². The molecule has 4 unspecified atom stereocenters. The number of hydrogen-bond acceptors (Lipinski definition) is 7. The van der Waals surface area contributed by atoms with E-state index in [4.69, 9.17) is 14.2 Å². The van der Waals surface area contributed by atoms with Gasteiger partial charge in [0.1, 0.15) is 17.2 Å². The zero-order chi connectivity index (χ0) is 31.1. The van der Waals surface area contributed by atoms with Crippen LogP contribution in [0.4, 0.5) is 9.59 Å². The fourth-order valence-corrected chi connectivity index (χ4v) is 6.35. The molecule has 1 N–H and O–H groups in total. The van der Waals surface area contributed by atoms with Crippen molar-refractivity contribution >= 4 is 24.1 Å². The molecule has 0 bridgehead atoms. The van der Waals surface area contributed by atoms with E-state index in [2.05, 4.69) is 11.9 Å². The zero-order valence-electron chi connectivity index (χ0n) is 25.3. The van der Waals surface area contributed by atoms with E-state index in [-0.39, 0.29) is 25.5 Å². The van der Waals surface area contributed by atoms with Crippen molar-refractivity contribution in [3.63, 3.8) is 0 Å². The largest absolute Gasteiger partial charge is 0.464 e. The molecular formula is C33H39N3O7. The van der Waals surface area contributed by atoms with E-state index >= 15 is 0 Å². The maximum Gasteiger partial charge on any atom is 0.411 e. The first-order chi connectivity index (χ1) is 20.5. The molecule has 2 aromatic carbocycles. The fourth-order valence-electron chi connectivity index (χ4n) is 6.35. The first-order valence-corrected chi connectivity index (χ1v) is 14.6. The van der Waals surface area contributed by atoms with Crippen LogP contribution >= 0.6 is 0 Å². The Hall–Kier alpha value is -4.34. The lowest BCUT2D eigenvalue weighted by Gasteiger charge is -2.34. The smallest absolute Gasteiger partial charge is 0.411 e. The number of likely N-dealkylation sites (tertiary alicyclic amines) is 1. The van der Waals surface area contributed by atoms with Gasteiger partial charge >= 0.3 is 18.2 Å². The minimum atomic E-state index is -1.24. The van der Waals surface area contributed by atoms with Crippen LogP contribution in [-0.2, 0) is 23.8 Å². The van der Waals surface area contributed by atoms with Crippen LogP contribution in [0.5, 0.6) is 0 Å². The maximum atomic E-state index is 13.9. The molecule has 228 valence electrons. The van der Waals surface area contributed by atoms with Crippen LogP contribution in [0.3, 0.4) is 0 Å². The number of carbonyl (C=O) groups excluding carboxylic acids is 4. The summed E-state index contributed by atoms with van der Waals surface area (Å²) >= 11 is 0. The third kappa shape index (κ3) is 5.46. The predicted octanol–water partition coefficient (Wildman–Crippen LogP) is 4.83. The average Bonchev–Trinajstić information content (AvgIpc) is 3.35. The van der Waals surface area contributed by atoms with Crippen molar-refractivity contribution < 1.29 is 33.4 Å². The molecule has 0 aromatic heterocycles. The van der Waals surface area contributed by atoms with Crippen molar-refractivity contribution in [2.75, 3.05) is 20.3 Å². The van der Waals surface area contributed by atoms with E-state index in [1.54, 1.807) is 38.7 Å². The normalized spacial score (nSPS) is 23.9. The molecule has 1 aliphatic heterocycles. The number of esters is 1. The number of hydrogen-bond donors (Lipinski definition) is 1. The fraction of sp³-hybridized carbons (Fsp3) is 0.455. The first-order valence-electron chi connectivity index (χ1n) is 14.6. The Morgan fingerprint density at radius 2 is 1.67 bits per heavy atom. The van der Waals surface area contributed by atoms with Crippen molar-refractivity contribution in [2.24, 2.45) is 5.92 Å². The lowest BCUT2D eigenvalue weighted by Crippen LogP contribution is -2.53. The highest BCUT2D eigenvalue weighted by Gasteiger charge is 2.62. The Morgan fingerprint density at radius 1 is 1.07 bits per heavy atom. The Kier molecular flexibility index (Phi) is 7.98. The summed E-state index contributed by atoms with van der Waals surface area (Å²) in [6.07, 6.45) is 0.817. The summed E-state index contributed by atoms with van der Waals surface area (Å²) in [5.41, 5.74) is 1.82. The number of nitrogens with one attached hydrogen (secondary N) is 1. The van der Waals surface area contributed by atoms with E-state index in [0.29, 0.717) is 6.42 Å². The van der Waals surface area contributed by atoms with Crippen LogP contribution in [0.25, 0.3) is 11.1 Å². The van der Waals surface area contributed by atoms with Crippen LogP contribution in [0.2, 0.25) is 0 Å². The number of ether oxygens (including phenoxy) is 3. The summed E-state index contributed by atoms with van der Waals surface area (Å²) in [5, 5.41) is 2.88. The zero-order valence-corrected chi connectivity index (χ0v) is 25.3. The number of fused-ring (bicyclic) bond motifs is 3.